The van der Waals surface area contributed by atoms with E-state index in [1.54, 1.807) is 0 Å². The highest BCUT2D eigenvalue weighted by molar-refractivity contribution is 6.31. The summed E-state index contributed by atoms with van der Waals surface area (Å²) in [6.07, 6.45) is 1.52. The summed E-state index contributed by atoms with van der Waals surface area (Å²) in [6, 6.07) is 0. The van der Waals surface area contributed by atoms with E-state index < -0.39 is 0 Å². The predicted octanol–water partition coefficient (Wildman–Crippen LogP) is 2.99. The minimum Gasteiger partial charge on any atom is -0.295 e. The van der Waals surface area contributed by atoms with Crippen LogP contribution in [0.25, 0.3) is 0 Å². The fourth-order valence-corrected chi connectivity index (χ4v) is 0.577. The lowest BCUT2D eigenvalue weighted by Gasteiger charge is -2.02. The van der Waals surface area contributed by atoms with Gasteiger partial charge in [0.15, 0.2) is 5.78 Å². The van der Waals surface area contributed by atoms with Gasteiger partial charge in [0.05, 0.1) is 0 Å². The number of carbonyl (C=O) groups is 1. The SMILES string of the molecule is CC(C)C(=O)/C=C(\Cl)C(C)C. The van der Waals surface area contributed by atoms with E-state index in [0.717, 1.165) is 0 Å². The van der Waals surface area contributed by atoms with E-state index in [9.17, 15) is 4.79 Å². The van der Waals surface area contributed by atoms with Crippen LogP contribution in [0.15, 0.2) is 11.1 Å². The van der Waals surface area contributed by atoms with Crippen molar-refractivity contribution in [2.24, 2.45) is 11.8 Å². The first-order valence-electron chi connectivity index (χ1n) is 3.86. The van der Waals surface area contributed by atoms with E-state index in [2.05, 4.69) is 0 Å². The van der Waals surface area contributed by atoms with Gasteiger partial charge >= 0.3 is 0 Å². The second-order valence-corrected chi connectivity index (χ2v) is 3.68. The first-order chi connectivity index (χ1) is 4.95. The lowest BCUT2D eigenvalue weighted by molar-refractivity contribution is -0.117. The summed E-state index contributed by atoms with van der Waals surface area (Å²) in [6.45, 7) is 7.66. The third-order valence-electron chi connectivity index (χ3n) is 1.40. The molecule has 0 aliphatic rings. The minimum atomic E-state index is 0.0440. The van der Waals surface area contributed by atoms with Gasteiger partial charge in [-0.25, -0.2) is 0 Å². The lowest BCUT2D eigenvalue weighted by atomic mass is 10.1. The molecule has 0 atom stereocenters. The van der Waals surface area contributed by atoms with Gasteiger partial charge in [0, 0.05) is 11.0 Å². The molecule has 0 aliphatic carbocycles. The van der Waals surface area contributed by atoms with Gasteiger partial charge in [0.2, 0.25) is 0 Å². The molecule has 0 N–H and O–H groups in total. The Bertz CT molecular complexity index is 168. The Kier molecular flexibility index (Phi) is 4.43. The van der Waals surface area contributed by atoms with Crippen molar-refractivity contribution in [1.82, 2.24) is 0 Å². The lowest BCUT2D eigenvalue weighted by Crippen LogP contribution is -2.04. The molecule has 0 radical (unpaired) electrons. The van der Waals surface area contributed by atoms with E-state index in [-0.39, 0.29) is 17.6 Å². The van der Waals surface area contributed by atoms with Crippen molar-refractivity contribution in [2.75, 3.05) is 0 Å². The Labute approximate surface area is 73.4 Å². The van der Waals surface area contributed by atoms with Gasteiger partial charge in [-0.15, -0.1) is 0 Å². The van der Waals surface area contributed by atoms with E-state index in [0.29, 0.717) is 5.03 Å². The molecule has 0 aromatic carbocycles. The predicted molar refractivity (Wildman–Crippen MR) is 48.6 cm³/mol. The molecule has 0 spiro atoms. The van der Waals surface area contributed by atoms with Crippen LogP contribution in [0.5, 0.6) is 0 Å². The van der Waals surface area contributed by atoms with Gasteiger partial charge in [-0.05, 0) is 12.0 Å². The fraction of sp³-hybridized carbons (Fsp3) is 0.667. The molecule has 0 aromatic heterocycles. The maximum absolute atomic E-state index is 11.1. The first-order valence-corrected chi connectivity index (χ1v) is 4.24. The van der Waals surface area contributed by atoms with Gasteiger partial charge < -0.3 is 0 Å². The highest BCUT2D eigenvalue weighted by Gasteiger charge is 2.06. The van der Waals surface area contributed by atoms with Crippen molar-refractivity contribution in [3.63, 3.8) is 0 Å². The molecule has 0 bridgehead atoms. The van der Waals surface area contributed by atoms with E-state index in [1.807, 2.05) is 27.7 Å². The Hall–Kier alpha value is -0.300. The van der Waals surface area contributed by atoms with Crippen LogP contribution in [0.3, 0.4) is 0 Å². The van der Waals surface area contributed by atoms with Crippen molar-refractivity contribution < 1.29 is 4.79 Å². The number of halogens is 1. The Morgan fingerprint density at radius 3 is 1.91 bits per heavy atom. The molecule has 0 unspecified atom stereocenters. The van der Waals surface area contributed by atoms with Crippen molar-refractivity contribution in [3.8, 4) is 0 Å². The van der Waals surface area contributed by atoms with Crippen molar-refractivity contribution in [3.05, 3.63) is 11.1 Å². The zero-order valence-electron chi connectivity index (χ0n) is 7.52. The maximum Gasteiger partial charge on any atom is 0.159 e. The number of rotatable bonds is 3. The second-order valence-electron chi connectivity index (χ2n) is 3.24. The highest BCUT2D eigenvalue weighted by Crippen LogP contribution is 2.14. The Morgan fingerprint density at radius 2 is 1.64 bits per heavy atom. The molecule has 2 heteroatoms. The van der Waals surface area contributed by atoms with Crippen LogP contribution >= 0.6 is 11.6 Å². The average molecular weight is 175 g/mol. The van der Waals surface area contributed by atoms with Crippen LogP contribution in [0.4, 0.5) is 0 Å². The smallest absolute Gasteiger partial charge is 0.159 e. The molecule has 0 saturated carbocycles. The van der Waals surface area contributed by atoms with Crippen molar-refractivity contribution in [1.29, 1.82) is 0 Å². The summed E-state index contributed by atoms with van der Waals surface area (Å²) in [5, 5.41) is 0.642. The molecule has 0 rings (SSSR count). The van der Waals surface area contributed by atoms with Gasteiger partial charge in [-0.3, -0.25) is 4.79 Å². The van der Waals surface area contributed by atoms with Crippen LogP contribution in [0.1, 0.15) is 27.7 Å². The topological polar surface area (TPSA) is 17.1 Å². The van der Waals surface area contributed by atoms with Crippen LogP contribution in [-0.4, -0.2) is 5.78 Å². The normalized spacial score (nSPS) is 12.8. The van der Waals surface area contributed by atoms with Gasteiger partial charge in [-0.2, -0.15) is 0 Å². The molecule has 0 heterocycles. The Morgan fingerprint density at radius 1 is 1.18 bits per heavy atom. The van der Waals surface area contributed by atoms with Gasteiger partial charge in [0.1, 0.15) is 0 Å². The number of carbonyl (C=O) groups excluding carboxylic acids is 1. The largest absolute Gasteiger partial charge is 0.295 e. The van der Waals surface area contributed by atoms with Crippen LogP contribution < -0.4 is 0 Å². The van der Waals surface area contributed by atoms with E-state index in [4.69, 9.17) is 11.6 Å². The summed E-state index contributed by atoms with van der Waals surface area (Å²) in [7, 11) is 0. The fourth-order valence-electron chi connectivity index (χ4n) is 0.469. The quantitative estimate of drug-likeness (QED) is 0.602. The number of hydrogen-bond donors (Lipinski definition) is 0. The number of allylic oxidation sites excluding steroid dienone is 2. The molecular weight excluding hydrogens is 160 g/mol. The molecular formula is C9H15ClO. The molecule has 64 valence electrons. The molecule has 0 aromatic rings. The summed E-state index contributed by atoms with van der Waals surface area (Å²) >= 11 is 5.79. The molecule has 0 aliphatic heterocycles. The average Bonchev–Trinajstić information content (AvgIpc) is 1.87. The van der Waals surface area contributed by atoms with Crippen molar-refractivity contribution >= 4 is 17.4 Å². The minimum absolute atomic E-state index is 0.0440. The van der Waals surface area contributed by atoms with Crippen LogP contribution in [0, 0.1) is 11.8 Å². The molecule has 1 nitrogen and oxygen atoms in total. The summed E-state index contributed by atoms with van der Waals surface area (Å²) in [4.78, 5) is 11.1. The van der Waals surface area contributed by atoms with Crippen LogP contribution in [-0.2, 0) is 4.79 Å². The third-order valence-corrected chi connectivity index (χ3v) is 1.95. The summed E-state index contributed by atoms with van der Waals surface area (Å²) < 4.78 is 0. The number of ketones is 1. The summed E-state index contributed by atoms with van der Waals surface area (Å²) in [5.41, 5.74) is 0. The van der Waals surface area contributed by atoms with E-state index in [1.165, 1.54) is 6.08 Å². The zero-order valence-corrected chi connectivity index (χ0v) is 8.27. The number of hydrogen-bond acceptors (Lipinski definition) is 1. The van der Waals surface area contributed by atoms with Crippen LogP contribution in [0.2, 0.25) is 0 Å². The first kappa shape index (κ1) is 10.7. The second kappa shape index (κ2) is 4.55. The highest BCUT2D eigenvalue weighted by atomic mass is 35.5. The maximum atomic E-state index is 11.1. The van der Waals surface area contributed by atoms with Gasteiger partial charge in [-0.1, -0.05) is 39.3 Å². The van der Waals surface area contributed by atoms with Crippen molar-refractivity contribution in [2.45, 2.75) is 27.7 Å². The summed E-state index contributed by atoms with van der Waals surface area (Å²) in [5.74, 6) is 0.394. The molecule has 11 heavy (non-hydrogen) atoms. The zero-order chi connectivity index (χ0) is 9.02. The molecule has 0 fully saturated rings. The van der Waals surface area contributed by atoms with Gasteiger partial charge in [0.25, 0.3) is 0 Å². The third kappa shape index (κ3) is 4.20. The molecule has 0 saturated heterocycles. The van der Waals surface area contributed by atoms with E-state index >= 15 is 0 Å². The monoisotopic (exact) mass is 174 g/mol. The standard InChI is InChI=1S/C9H15ClO/c1-6(2)8(10)5-9(11)7(3)4/h5-7H,1-4H3/b8-5-. The molecule has 0 amide bonds. The Balaban J connectivity index is 4.20.